The van der Waals surface area contributed by atoms with Gasteiger partial charge in [-0.25, -0.2) is 0 Å². The van der Waals surface area contributed by atoms with Gasteiger partial charge >= 0.3 is 0 Å². The van der Waals surface area contributed by atoms with E-state index in [1.165, 1.54) is 99.7 Å². The average molecular weight is 854 g/mol. The zero-order valence-electron chi connectivity index (χ0n) is 39.4. The van der Waals surface area contributed by atoms with Gasteiger partial charge in [0, 0.05) is 44.9 Å². The Bertz CT molecular complexity index is 3530. The van der Waals surface area contributed by atoms with Crippen molar-refractivity contribution in [3.63, 3.8) is 0 Å². The van der Waals surface area contributed by atoms with Gasteiger partial charge < -0.3 is 19.1 Å². The van der Waals surface area contributed by atoms with Crippen LogP contribution in [0.4, 0.5) is 34.1 Å². The Morgan fingerprint density at radius 3 is 1.65 bits per heavy atom. The minimum Gasteiger partial charge on any atom is -0.458 e. The first-order valence-corrected chi connectivity index (χ1v) is 23.8. The maximum absolute atomic E-state index is 7.04. The van der Waals surface area contributed by atoms with E-state index in [9.17, 15) is 0 Å². The van der Waals surface area contributed by atoms with E-state index in [0.717, 1.165) is 22.9 Å². The van der Waals surface area contributed by atoms with Crippen LogP contribution in [-0.2, 0) is 16.2 Å². The van der Waals surface area contributed by atoms with Gasteiger partial charge in [0.2, 0.25) is 0 Å². The van der Waals surface area contributed by atoms with E-state index in [-0.39, 0.29) is 29.7 Å². The predicted molar refractivity (Wildman–Crippen MR) is 282 cm³/mol. The molecule has 0 unspecified atom stereocenters. The molecule has 0 spiro atoms. The first kappa shape index (κ1) is 39.5. The van der Waals surface area contributed by atoms with Gasteiger partial charge in [-0.05, 0) is 139 Å². The summed E-state index contributed by atoms with van der Waals surface area (Å²) in [6, 6.07) is 59.9. The van der Waals surface area contributed by atoms with Crippen molar-refractivity contribution >= 4 is 102 Å². The number of fused-ring (bicyclic) bond motifs is 12. The second-order valence-electron chi connectivity index (χ2n) is 22.2. The van der Waals surface area contributed by atoms with Crippen molar-refractivity contribution in [2.24, 2.45) is 0 Å². The molecule has 0 bridgehead atoms. The highest BCUT2D eigenvalue weighted by Gasteiger charge is 2.48. The number of para-hydroxylation sites is 4. The van der Waals surface area contributed by atoms with Crippen LogP contribution in [0, 0.1) is 0 Å². The van der Waals surface area contributed by atoms with Gasteiger partial charge in [-0.1, -0.05) is 147 Å². The summed E-state index contributed by atoms with van der Waals surface area (Å²) in [5, 5.41) is 2.59. The molecule has 1 aromatic heterocycles. The molecule has 13 rings (SSSR count). The topological polar surface area (TPSA) is 20.6 Å². The number of hydrogen-bond acceptors (Lipinski definition) is 3. The van der Waals surface area contributed by atoms with Crippen molar-refractivity contribution < 1.29 is 4.74 Å². The monoisotopic (exact) mass is 853 g/mol. The third-order valence-corrected chi connectivity index (χ3v) is 15.0. The van der Waals surface area contributed by atoms with Gasteiger partial charge in [-0.2, -0.15) is 0 Å². The molecule has 0 N–H and O–H groups in total. The highest BCUT2D eigenvalue weighted by atomic mass is 16.5. The fourth-order valence-electron chi connectivity index (χ4n) is 11.8. The van der Waals surface area contributed by atoms with Gasteiger partial charge in [0.05, 0.1) is 16.7 Å². The smallest absolute Gasteiger partial charge is 0.256 e. The van der Waals surface area contributed by atoms with Gasteiger partial charge in [0.15, 0.2) is 0 Å². The summed E-state index contributed by atoms with van der Waals surface area (Å²) < 4.78 is 9.66. The van der Waals surface area contributed by atoms with Crippen LogP contribution in [0.2, 0.25) is 0 Å². The Morgan fingerprint density at radius 2 is 0.970 bits per heavy atom. The summed E-state index contributed by atoms with van der Waals surface area (Å²) in [5.41, 5.74) is 22.4. The van der Waals surface area contributed by atoms with Crippen LogP contribution in [0.1, 0.15) is 79.0 Å². The first-order valence-electron chi connectivity index (χ1n) is 23.8. The fraction of sp³-hybridized carbons (Fsp3) is 0.200. The van der Waals surface area contributed by atoms with E-state index in [2.05, 4.69) is 234 Å². The maximum atomic E-state index is 7.04. The highest BCUT2D eigenvalue weighted by molar-refractivity contribution is 7.03. The lowest BCUT2D eigenvalue weighted by atomic mass is 9.30. The second-order valence-corrected chi connectivity index (χ2v) is 22.2. The quantitative estimate of drug-likeness (QED) is 0.162. The van der Waals surface area contributed by atoms with E-state index in [1.54, 1.807) is 0 Å². The average Bonchev–Trinajstić information content (AvgIpc) is 3.65. The standard InChI is InChI=1S/C60H53B2N3O/c1-58(2,3)36-28-29-46-41(30-36)53-56-44(35-45-57(53)65(46)50-33-38(60(7,8)9)34-52-55(50)62(45)43-25-17-19-27-51(43)66-52)61-42-24-16-18-26-47(42)63(39-20-12-10-13-21-39)48-31-37(59(4,5)6)32-49(54(48)61)64(56)40-22-14-11-15-23-40/h10-35H,1-9H3. The largest absolute Gasteiger partial charge is 0.458 e. The predicted octanol–water partition coefficient (Wildman–Crippen LogP) is 11.7. The first-order chi connectivity index (χ1) is 31.7. The molecule has 0 saturated heterocycles. The van der Waals surface area contributed by atoms with Gasteiger partial charge in [0.25, 0.3) is 13.4 Å². The van der Waals surface area contributed by atoms with Crippen molar-refractivity contribution in [3.8, 4) is 17.2 Å². The fourth-order valence-corrected chi connectivity index (χ4v) is 11.8. The van der Waals surface area contributed by atoms with Crippen LogP contribution < -0.4 is 47.3 Å². The van der Waals surface area contributed by atoms with Crippen molar-refractivity contribution in [2.45, 2.75) is 78.6 Å². The van der Waals surface area contributed by atoms with Gasteiger partial charge in [-0.3, -0.25) is 0 Å². The molecule has 4 aliphatic rings. The summed E-state index contributed by atoms with van der Waals surface area (Å²) in [7, 11) is 0. The molecule has 0 radical (unpaired) electrons. The molecular formula is C60H53B2N3O. The Kier molecular flexibility index (Phi) is 7.98. The molecule has 0 fully saturated rings. The van der Waals surface area contributed by atoms with Gasteiger partial charge in [-0.15, -0.1) is 0 Å². The third kappa shape index (κ3) is 5.42. The van der Waals surface area contributed by atoms with Crippen LogP contribution in [0.25, 0.3) is 27.5 Å². The van der Waals surface area contributed by atoms with Crippen LogP contribution >= 0.6 is 0 Å². The summed E-state index contributed by atoms with van der Waals surface area (Å²) >= 11 is 0. The van der Waals surface area contributed by atoms with Crippen molar-refractivity contribution in [1.29, 1.82) is 0 Å². The maximum Gasteiger partial charge on any atom is 0.256 e. The number of hydrogen-bond donors (Lipinski definition) is 0. The number of benzene rings is 8. The number of anilines is 6. The van der Waals surface area contributed by atoms with Crippen LogP contribution in [0.5, 0.6) is 11.5 Å². The molecule has 4 aliphatic heterocycles. The zero-order valence-corrected chi connectivity index (χ0v) is 39.4. The van der Waals surface area contributed by atoms with E-state index in [0.29, 0.717) is 0 Å². The number of nitrogens with zero attached hydrogens (tertiary/aromatic N) is 3. The highest BCUT2D eigenvalue weighted by Crippen LogP contribution is 2.50. The molecule has 0 aliphatic carbocycles. The third-order valence-electron chi connectivity index (χ3n) is 15.0. The molecule has 0 amide bonds. The zero-order chi connectivity index (χ0) is 45.2. The van der Waals surface area contributed by atoms with E-state index < -0.39 is 0 Å². The van der Waals surface area contributed by atoms with Crippen LogP contribution in [0.15, 0.2) is 158 Å². The molecule has 0 atom stereocenters. The van der Waals surface area contributed by atoms with Gasteiger partial charge in [0.1, 0.15) is 11.5 Å². The molecule has 320 valence electrons. The summed E-state index contributed by atoms with van der Waals surface area (Å²) in [5.74, 6) is 1.90. The Hall–Kier alpha value is -6.91. The summed E-state index contributed by atoms with van der Waals surface area (Å²) in [4.78, 5) is 5.18. The SMILES string of the molecule is CC(C)(C)c1cc2c3c(c1)N(c1ccccc1)c1c(cc4c5c1c1cc(C(C)(C)C)ccc1n5-c1cc(C(C)(C)C)cc5c1B4c1ccccc1O5)B3c1ccccc1N2c1ccccc1. The molecule has 8 aromatic carbocycles. The molecule has 5 heterocycles. The number of aromatic nitrogens is 1. The normalized spacial score (nSPS) is 14.4. The minimum atomic E-state index is -0.122. The van der Waals surface area contributed by atoms with Crippen LogP contribution in [0.3, 0.4) is 0 Å². The Labute approximate surface area is 389 Å². The Morgan fingerprint density at radius 1 is 0.409 bits per heavy atom. The molecular weight excluding hydrogens is 800 g/mol. The lowest BCUT2D eigenvalue weighted by Crippen LogP contribution is -2.64. The molecule has 0 saturated carbocycles. The molecule has 66 heavy (non-hydrogen) atoms. The summed E-state index contributed by atoms with van der Waals surface area (Å²) in [6.45, 7) is 21.0. The summed E-state index contributed by atoms with van der Waals surface area (Å²) in [6.07, 6.45) is 0. The number of rotatable bonds is 2. The molecule has 6 heteroatoms. The van der Waals surface area contributed by atoms with E-state index in [4.69, 9.17) is 4.74 Å². The second kappa shape index (κ2) is 13.3. The van der Waals surface area contributed by atoms with Crippen molar-refractivity contribution in [3.05, 3.63) is 174 Å². The van der Waals surface area contributed by atoms with E-state index >= 15 is 0 Å². The molecule has 4 nitrogen and oxygen atoms in total. The lowest BCUT2D eigenvalue weighted by molar-refractivity contribution is 0.483. The Balaban J connectivity index is 1.26. The lowest BCUT2D eigenvalue weighted by Gasteiger charge is -2.46. The minimum absolute atomic E-state index is 0.0328. The van der Waals surface area contributed by atoms with Crippen LogP contribution in [-0.4, -0.2) is 18.0 Å². The van der Waals surface area contributed by atoms with Crippen molar-refractivity contribution in [1.82, 2.24) is 4.57 Å². The number of ether oxygens (including phenoxy) is 1. The van der Waals surface area contributed by atoms with E-state index in [1.807, 2.05) is 0 Å². The van der Waals surface area contributed by atoms with Crippen molar-refractivity contribution in [2.75, 3.05) is 9.80 Å². The molecule has 9 aromatic rings.